The molecule has 4 nitrogen and oxygen atoms in total. The number of benzene rings is 1. The fourth-order valence-electron chi connectivity index (χ4n) is 1.64. The lowest BCUT2D eigenvalue weighted by Gasteiger charge is -2.09. The molecule has 1 heterocycles. The molecule has 1 aromatic heterocycles. The van der Waals surface area contributed by atoms with Crippen molar-refractivity contribution in [2.45, 2.75) is 11.3 Å². The van der Waals surface area contributed by atoms with E-state index < -0.39 is 10.0 Å². The maximum absolute atomic E-state index is 12.3. The van der Waals surface area contributed by atoms with E-state index in [1.165, 1.54) is 6.20 Å². The van der Waals surface area contributed by atoms with E-state index in [1.807, 2.05) is 0 Å². The summed E-state index contributed by atoms with van der Waals surface area (Å²) < 4.78 is 27.5. The maximum atomic E-state index is 12.3. The van der Waals surface area contributed by atoms with E-state index in [0.717, 1.165) is 5.56 Å². The zero-order valence-corrected chi connectivity index (χ0v) is 14.6. The number of aromatic nitrogens is 1. The van der Waals surface area contributed by atoms with Gasteiger partial charge in [0.2, 0.25) is 0 Å². The average molecular weight is 410 g/mol. The Hall–Kier alpha value is -0.820. The van der Waals surface area contributed by atoms with Crippen molar-refractivity contribution in [1.82, 2.24) is 4.98 Å². The first-order chi connectivity index (χ1) is 9.92. The molecule has 21 heavy (non-hydrogen) atoms. The number of alkyl halides is 1. The number of anilines is 1. The van der Waals surface area contributed by atoms with Gasteiger partial charge in [-0.1, -0.05) is 23.7 Å². The molecule has 0 atom stereocenters. The SMILES string of the molecule is O=S(=O)(Nc1cnc(Cl)c(Br)c1)c1ccc(CCCl)cc1. The van der Waals surface area contributed by atoms with Crippen molar-refractivity contribution in [3.05, 3.63) is 51.7 Å². The summed E-state index contributed by atoms with van der Waals surface area (Å²) in [6.07, 6.45) is 2.05. The van der Waals surface area contributed by atoms with Crippen molar-refractivity contribution in [3.63, 3.8) is 0 Å². The van der Waals surface area contributed by atoms with Crippen molar-refractivity contribution in [3.8, 4) is 0 Å². The van der Waals surface area contributed by atoms with Crippen LogP contribution in [0, 0.1) is 0 Å². The first kappa shape index (κ1) is 16.5. The molecule has 0 aliphatic rings. The van der Waals surface area contributed by atoms with Gasteiger partial charge >= 0.3 is 0 Å². The van der Waals surface area contributed by atoms with Gasteiger partial charge in [0.1, 0.15) is 5.15 Å². The van der Waals surface area contributed by atoms with Gasteiger partial charge in [0.05, 0.1) is 21.3 Å². The number of aryl methyl sites for hydroxylation is 1. The van der Waals surface area contributed by atoms with Crippen molar-refractivity contribution in [2.24, 2.45) is 0 Å². The van der Waals surface area contributed by atoms with Gasteiger partial charge in [0.25, 0.3) is 10.0 Å². The Kier molecular flexibility index (Phi) is 5.48. The zero-order chi connectivity index (χ0) is 15.5. The van der Waals surface area contributed by atoms with E-state index in [9.17, 15) is 8.42 Å². The number of nitrogens with one attached hydrogen (secondary N) is 1. The highest BCUT2D eigenvalue weighted by Gasteiger charge is 2.14. The summed E-state index contributed by atoms with van der Waals surface area (Å²) in [5.74, 6) is 0.495. The summed E-state index contributed by atoms with van der Waals surface area (Å²) in [6.45, 7) is 0. The van der Waals surface area contributed by atoms with Gasteiger partial charge in [-0.2, -0.15) is 0 Å². The molecular formula is C13H11BrCl2N2O2S. The Morgan fingerprint density at radius 3 is 2.48 bits per heavy atom. The number of hydrogen-bond acceptors (Lipinski definition) is 3. The molecule has 0 unspecified atom stereocenters. The van der Waals surface area contributed by atoms with Crippen LogP contribution in [0.1, 0.15) is 5.56 Å². The summed E-state index contributed by atoms with van der Waals surface area (Å²) in [4.78, 5) is 4.04. The van der Waals surface area contributed by atoms with Crippen molar-refractivity contribution in [2.75, 3.05) is 10.6 Å². The standard InChI is InChI=1S/C13H11BrCl2N2O2S/c14-12-7-10(8-17-13(12)16)18-21(19,20)11-3-1-9(2-4-11)5-6-15/h1-4,7-8,18H,5-6H2. The number of pyridine rings is 1. The van der Waals surface area contributed by atoms with Gasteiger partial charge in [0, 0.05) is 5.88 Å². The minimum atomic E-state index is -3.66. The third kappa shape index (κ3) is 4.32. The molecule has 0 amide bonds. The Morgan fingerprint density at radius 2 is 1.90 bits per heavy atom. The van der Waals surface area contributed by atoms with Crippen LogP contribution in [-0.4, -0.2) is 19.3 Å². The molecule has 0 fully saturated rings. The van der Waals surface area contributed by atoms with E-state index in [-0.39, 0.29) is 10.0 Å². The van der Waals surface area contributed by atoms with E-state index in [4.69, 9.17) is 23.2 Å². The lowest BCUT2D eigenvalue weighted by molar-refractivity contribution is 0.601. The summed E-state index contributed by atoms with van der Waals surface area (Å²) >= 11 is 14.6. The van der Waals surface area contributed by atoms with Crippen LogP contribution < -0.4 is 4.72 Å². The first-order valence-electron chi connectivity index (χ1n) is 5.91. The maximum Gasteiger partial charge on any atom is 0.261 e. The van der Waals surface area contributed by atoms with Crippen LogP contribution in [0.3, 0.4) is 0 Å². The number of rotatable bonds is 5. The van der Waals surface area contributed by atoms with Gasteiger partial charge in [-0.25, -0.2) is 13.4 Å². The molecule has 2 rings (SSSR count). The fourth-order valence-corrected chi connectivity index (χ4v) is 3.34. The topological polar surface area (TPSA) is 59.1 Å². The molecule has 8 heteroatoms. The summed E-state index contributed by atoms with van der Waals surface area (Å²) in [5.41, 5.74) is 1.32. The van der Waals surface area contributed by atoms with Crippen molar-refractivity contribution in [1.29, 1.82) is 0 Å². The van der Waals surface area contributed by atoms with Crippen LogP contribution in [0.15, 0.2) is 45.9 Å². The number of nitrogens with zero attached hydrogens (tertiary/aromatic N) is 1. The Labute approximate surface area is 141 Å². The molecule has 0 saturated heterocycles. The highest BCUT2D eigenvalue weighted by molar-refractivity contribution is 9.10. The molecule has 2 aromatic rings. The minimum Gasteiger partial charge on any atom is -0.278 e. The number of halogens is 3. The fraction of sp³-hybridized carbons (Fsp3) is 0.154. The summed E-state index contributed by atoms with van der Waals surface area (Å²) in [6, 6.07) is 8.12. The van der Waals surface area contributed by atoms with E-state index in [1.54, 1.807) is 30.3 Å². The molecule has 0 saturated carbocycles. The second-order valence-corrected chi connectivity index (χ2v) is 7.46. The van der Waals surface area contributed by atoms with Crippen molar-refractivity contribution >= 4 is 54.8 Å². The molecule has 0 radical (unpaired) electrons. The summed E-state index contributed by atoms with van der Waals surface area (Å²) in [5, 5.41) is 0.267. The molecule has 0 aliphatic heterocycles. The van der Waals surface area contributed by atoms with Gasteiger partial charge in [-0.3, -0.25) is 4.72 Å². The average Bonchev–Trinajstić information content (AvgIpc) is 2.44. The smallest absolute Gasteiger partial charge is 0.261 e. The molecule has 0 spiro atoms. The Balaban J connectivity index is 2.23. The largest absolute Gasteiger partial charge is 0.278 e. The van der Waals surface area contributed by atoms with Crippen molar-refractivity contribution < 1.29 is 8.42 Å². The quantitative estimate of drug-likeness (QED) is 0.597. The number of hydrogen-bond donors (Lipinski definition) is 1. The number of sulfonamides is 1. The van der Waals surface area contributed by atoms with Gasteiger partial charge < -0.3 is 0 Å². The van der Waals surface area contributed by atoms with Gasteiger partial charge in [-0.05, 0) is 46.1 Å². The third-order valence-corrected chi connectivity index (χ3v) is 5.39. The molecule has 1 N–H and O–H groups in total. The third-order valence-electron chi connectivity index (χ3n) is 2.67. The first-order valence-corrected chi connectivity index (χ1v) is 9.10. The van der Waals surface area contributed by atoms with Crippen LogP contribution in [-0.2, 0) is 16.4 Å². The van der Waals surface area contributed by atoms with Crippen LogP contribution in [0.5, 0.6) is 0 Å². The molecule has 1 aromatic carbocycles. The molecular weight excluding hydrogens is 399 g/mol. The van der Waals surface area contributed by atoms with Crippen LogP contribution >= 0.6 is 39.1 Å². The Bertz CT molecular complexity index is 736. The van der Waals surface area contributed by atoms with Gasteiger partial charge in [-0.15, -0.1) is 11.6 Å². The predicted octanol–water partition coefficient (Wildman–Crippen LogP) is 4.08. The highest BCUT2D eigenvalue weighted by Crippen LogP contribution is 2.24. The van der Waals surface area contributed by atoms with Crippen LogP contribution in [0.4, 0.5) is 5.69 Å². The predicted molar refractivity (Wildman–Crippen MR) is 88.6 cm³/mol. The molecule has 0 aliphatic carbocycles. The normalized spacial score (nSPS) is 11.4. The van der Waals surface area contributed by atoms with Crippen LogP contribution in [0.2, 0.25) is 5.15 Å². The Morgan fingerprint density at radius 1 is 1.24 bits per heavy atom. The monoisotopic (exact) mass is 408 g/mol. The van der Waals surface area contributed by atoms with E-state index in [0.29, 0.717) is 22.5 Å². The van der Waals surface area contributed by atoms with Gasteiger partial charge in [0.15, 0.2) is 0 Å². The summed E-state index contributed by atoms with van der Waals surface area (Å²) in [7, 11) is -3.66. The highest BCUT2D eigenvalue weighted by atomic mass is 79.9. The molecule has 112 valence electrons. The lowest BCUT2D eigenvalue weighted by atomic mass is 10.2. The molecule has 0 bridgehead atoms. The second-order valence-electron chi connectivity index (χ2n) is 4.19. The van der Waals surface area contributed by atoms with E-state index >= 15 is 0 Å². The minimum absolute atomic E-state index is 0.173. The second kappa shape index (κ2) is 6.96. The zero-order valence-electron chi connectivity index (χ0n) is 10.7. The van der Waals surface area contributed by atoms with Crippen LogP contribution in [0.25, 0.3) is 0 Å². The van der Waals surface area contributed by atoms with E-state index in [2.05, 4.69) is 25.6 Å². The lowest BCUT2D eigenvalue weighted by Crippen LogP contribution is -2.13.